The van der Waals surface area contributed by atoms with Crippen molar-refractivity contribution < 1.29 is 22.7 Å². The van der Waals surface area contributed by atoms with Crippen LogP contribution >= 0.6 is 0 Å². The van der Waals surface area contributed by atoms with Gasteiger partial charge in [0.15, 0.2) is 5.82 Å². The molecule has 0 radical (unpaired) electrons. The molecule has 40 heavy (non-hydrogen) atoms. The van der Waals surface area contributed by atoms with E-state index >= 15 is 0 Å². The zero-order chi connectivity index (χ0) is 28.8. The minimum absolute atomic E-state index is 0.00863. The lowest BCUT2D eigenvalue weighted by molar-refractivity contribution is 0.0277. The molecule has 2 aliphatic rings. The molecule has 0 spiro atoms. The van der Waals surface area contributed by atoms with Crippen LogP contribution in [0.5, 0.6) is 5.75 Å². The van der Waals surface area contributed by atoms with Crippen LogP contribution in [0.1, 0.15) is 46.9 Å². The lowest BCUT2D eigenvalue weighted by atomic mass is 10.1. The molecule has 2 fully saturated rings. The molecule has 0 aliphatic carbocycles. The fourth-order valence-corrected chi connectivity index (χ4v) is 5.66. The number of alkyl halides is 2. The van der Waals surface area contributed by atoms with Crippen molar-refractivity contribution in [1.29, 1.82) is 0 Å². The van der Waals surface area contributed by atoms with Crippen LogP contribution in [-0.2, 0) is 9.47 Å². The summed E-state index contributed by atoms with van der Waals surface area (Å²) < 4.78 is 48.0. The highest BCUT2D eigenvalue weighted by molar-refractivity contribution is 6.74. The first-order valence-corrected chi connectivity index (χ1v) is 16.7. The zero-order valence-corrected chi connectivity index (χ0v) is 25.3. The van der Waals surface area contributed by atoms with Crippen molar-refractivity contribution in [1.82, 2.24) is 24.5 Å². The topological polar surface area (TPSA) is 90.7 Å². The molecule has 0 N–H and O–H groups in total. The summed E-state index contributed by atoms with van der Waals surface area (Å²) in [7, 11) is -2.14. The lowest BCUT2D eigenvalue weighted by Crippen LogP contribution is -2.49. The molecule has 1 aromatic carbocycles. The maximum Gasteiger partial charge on any atom is 0.296 e. The van der Waals surface area contributed by atoms with Gasteiger partial charge in [0.25, 0.3) is 6.43 Å². The average Bonchev–Trinajstić information content (AvgIpc) is 3.29. The maximum absolute atomic E-state index is 14.5. The fraction of sp³-hybridized carbons (Fsp3) is 0.630. The molecule has 0 saturated carbocycles. The molecule has 2 aliphatic heterocycles. The minimum atomic E-state index is -2.84. The summed E-state index contributed by atoms with van der Waals surface area (Å²) >= 11 is 0. The lowest BCUT2D eigenvalue weighted by Gasteiger charge is -2.38. The van der Waals surface area contributed by atoms with E-state index in [1.807, 2.05) is 24.8 Å². The molecule has 2 saturated heterocycles. The number of ether oxygens (including phenoxy) is 2. The van der Waals surface area contributed by atoms with Gasteiger partial charge in [-0.15, -0.1) is 0 Å². The number of hydrogen-bond acceptors (Lipinski definition) is 9. The number of rotatable bonds is 6. The van der Waals surface area contributed by atoms with Crippen LogP contribution in [0.3, 0.4) is 0 Å². The first-order chi connectivity index (χ1) is 18.9. The van der Waals surface area contributed by atoms with Crippen LogP contribution < -0.4 is 14.2 Å². The number of anilines is 2. The smallest absolute Gasteiger partial charge is 0.296 e. The van der Waals surface area contributed by atoms with E-state index in [0.29, 0.717) is 68.1 Å². The van der Waals surface area contributed by atoms with Crippen LogP contribution in [0.25, 0.3) is 17.0 Å². The van der Waals surface area contributed by atoms with Gasteiger partial charge < -0.3 is 23.7 Å². The normalized spacial score (nSPS) is 20.9. The molecular weight excluding hydrogens is 536 g/mol. The van der Waals surface area contributed by atoms with E-state index in [1.165, 1.54) is 4.57 Å². The Balaban J connectivity index is 1.63. The Kier molecular flexibility index (Phi) is 7.74. The molecule has 0 bridgehead atoms. The van der Waals surface area contributed by atoms with E-state index in [0.717, 1.165) is 0 Å². The fourth-order valence-electron chi connectivity index (χ4n) is 4.64. The van der Waals surface area contributed by atoms with Crippen molar-refractivity contribution in [2.45, 2.75) is 71.3 Å². The van der Waals surface area contributed by atoms with Crippen molar-refractivity contribution in [2.24, 2.45) is 0 Å². The highest BCUT2D eigenvalue weighted by Gasteiger charge is 2.39. The number of benzene rings is 1. The molecule has 2 aromatic heterocycles. The summed E-state index contributed by atoms with van der Waals surface area (Å²) in [6.07, 6.45) is -2.88. The summed E-state index contributed by atoms with van der Waals surface area (Å²) in [6, 6.07) is 5.29. The summed E-state index contributed by atoms with van der Waals surface area (Å²) in [6.45, 7) is 18.2. The highest BCUT2D eigenvalue weighted by atomic mass is 28.4. The van der Waals surface area contributed by atoms with Crippen molar-refractivity contribution >= 4 is 31.2 Å². The van der Waals surface area contributed by atoms with Gasteiger partial charge in [0.2, 0.25) is 26.2 Å². The maximum atomic E-state index is 14.5. The second-order valence-corrected chi connectivity index (χ2v) is 16.7. The van der Waals surface area contributed by atoms with Crippen LogP contribution in [-0.4, -0.2) is 84.4 Å². The van der Waals surface area contributed by atoms with Crippen molar-refractivity contribution in [2.75, 3.05) is 49.3 Å². The summed E-state index contributed by atoms with van der Waals surface area (Å²) in [5.74, 6) is 1.15. The number of aromatic nitrogens is 5. The molecule has 5 rings (SSSR count). The number of morpholine rings is 2. The summed E-state index contributed by atoms with van der Waals surface area (Å²) in [4.78, 5) is 22.6. The van der Waals surface area contributed by atoms with Crippen LogP contribution in [0.2, 0.25) is 18.1 Å². The van der Waals surface area contributed by atoms with Crippen LogP contribution in [0, 0.1) is 0 Å². The van der Waals surface area contributed by atoms with Gasteiger partial charge in [-0.1, -0.05) is 20.8 Å². The van der Waals surface area contributed by atoms with Gasteiger partial charge >= 0.3 is 0 Å². The quantitative estimate of drug-likeness (QED) is 0.377. The predicted octanol–water partition coefficient (Wildman–Crippen LogP) is 4.98. The Hall–Kier alpha value is -2.90. The van der Waals surface area contributed by atoms with E-state index < -0.39 is 20.6 Å². The molecule has 3 aromatic rings. The van der Waals surface area contributed by atoms with Crippen molar-refractivity contribution in [3.63, 3.8) is 0 Å². The third-order valence-corrected chi connectivity index (χ3v) is 12.6. The monoisotopic (exact) mass is 575 g/mol. The molecule has 10 nitrogen and oxygen atoms in total. The number of nitrogens with zero attached hydrogens (tertiary/aromatic N) is 7. The van der Waals surface area contributed by atoms with E-state index in [9.17, 15) is 8.78 Å². The van der Waals surface area contributed by atoms with Gasteiger partial charge in [-0.3, -0.25) is 4.57 Å². The summed E-state index contributed by atoms with van der Waals surface area (Å²) in [5.41, 5.74) is 0.876. The van der Waals surface area contributed by atoms with Crippen molar-refractivity contribution in [3.8, 4) is 11.7 Å². The second-order valence-electron chi connectivity index (χ2n) is 12.0. The molecule has 2 unspecified atom stereocenters. The molecular formula is C27H39F2N7O3Si. The van der Waals surface area contributed by atoms with E-state index in [1.54, 1.807) is 12.1 Å². The van der Waals surface area contributed by atoms with E-state index in [-0.39, 0.29) is 23.1 Å². The SMILES string of the molecule is CC1OCCN(c2nc(N3CCOCC3)nc(-n3c(C(F)F)nc4cc(O[Si](C)(C)C(C)(C)C)ccc43)n2)C1C. The Morgan fingerprint density at radius 3 is 2.30 bits per heavy atom. The average molecular weight is 576 g/mol. The zero-order valence-electron chi connectivity index (χ0n) is 24.3. The molecule has 4 heterocycles. The Morgan fingerprint density at radius 2 is 1.62 bits per heavy atom. The van der Waals surface area contributed by atoms with Crippen molar-refractivity contribution in [3.05, 3.63) is 24.0 Å². The van der Waals surface area contributed by atoms with Gasteiger partial charge in [0, 0.05) is 25.7 Å². The van der Waals surface area contributed by atoms with E-state index in [4.69, 9.17) is 28.9 Å². The standard InChI is InChI=1S/C27H39F2N7O3Si/c1-17-18(2)38-15-12-35(17)25-31-24(34-10-13-37-14-11-34)32-26(33-25)36-21-9-8-19(39-40(6,7)27(3,4)5)16-20(21)30-23(36)22(28)29/h8-9,16-18,22H,10-15H2,1-7H3. The number of imidazole rings is 1. The largest absolute Gasteiger partial charge is 0.543 e. The number of fused-ring (bicyclic) bond motifs is 1. The Morgan fingerprint density at radius 1 is 0.950 bits per heavy atom. The minimum Gasteiger partial charge on any atom is -0.543 e. The third kappa shape index (κ3) is 5.50. The van der Waals surface area contributed by atoms with Gasteiger partial charge in [0.05, 0.1) is 43.0 Å². The first-order valence-electron chi connectivity index (χ1n) is 13.8. The van der Waals surface area contributed by atoms with Crippen LogP contribution in [0.15, 0.2) is 18.2 Å². The third-order valence-electron chi connectivity index (χ3n) is 8.26. The molecule has 13 heteroatoms. The molecule has 2 atom stereocenters. The second kappa shape index (κ2) is 10.8. The predicted molar refractivity (Wildman–Crippen MR) is 152 cm³/mol. The highest BCUT2D eigenvalue weighted by Crippen LogP contribution is 2.38. The molecule has 218 valence electrons. The summed E-state index contributed by atoms with van der Waals surface area (Å²) in [5, 5.41) is -0.0131. The van der Waals surface area contributed by atoms with E-state index in [2.05, 4.69) is 43.7 Å². The number of halogens is 2. The molecule has 0 amide bonds. The van der Waals surface area contributed by atoms with Gasteiger partial charge in [-0.05, 0) is 44.1 Å². The van der Waals surface area contributed by atoms with Crippen LogP contribution in [0.4, 0.5) is 20.7 Å². The Bertz CT molecular complexity index is 1360. The first kappa shape index (κ1) is 28.6. The van der Waals surface area contributed by atoms with Gasteiger partial charge in [-0.25, -0.2) is 13.8 Å². The Labute approximate surface area is 234 Å². The van der Waals surface area contributed by atoms with Gasteiger partial charge in [0.1, 0.15) is 5.75 Å². The van der Waals surface area contributed by atoms with Gasteiger partial charge in [-0.2, -0.15) is 15.0 Å². The number of hydrogen-bond donors (Lipinski definition) is 0.